The lowest BCUT2D eigenvalue weighted by atomic mass is 10.0. The molecule has 0 radical (unpaired) electrons. The first-order valence-corrected chi connectivity index (χ1v) is 6.74. The van der Waals surface area contributed by atoms with E-state index in [0.29, 0.717) is 5.54 Å². The van der Waals surface area contributed by atoms with Gasteiger partial charge in [-0.15, -0.1) is 0 Å². The van der Waals surface area contributed by atoms with Crippen molar-refractivity contribution in [2.24, 2.45) is 5.92 Å². The summed E-state index contributed by atoms with van der Waals surface area (Å²) in [6.45, 7) is 15.7. The van der Waals surface area contributed by atoms with Gasteiger partial charge in [-0.3, -0.25) is 4.90 Å². The van der Waals surface area contributed by atoms with Crippen molar-refractivity contribution in [3.63, 3.8) is 0 Å². The number of nitrogens with one attached hydrogen (secondary N) is 1. The second kappa shape index (κ2) is 5.03. The van der Waals surface area contributed by atoms with Crippen LogP contribution in [-0.4, -0.2) is 61.2 Å². The largest absolute Gasteiger partial charge is 0.316 e. The van der Waals surface area contributed by atoms with E-state index < -0.39 is 0 Å². The summed E-state index contributed by atoms with van der Waals surface area (Å²) in [7, 11) is 0. The molecule has 3 nitrogen and oxygen atoms in total. The standard InChI is InChI=1S/C13H27N3/c1-13(2,3)16-8-6-15(7-9-16)11-12-4-5-14-10-12/h12,14H,4-11H2,1-3H3/t12-/m1/s1. The van der Waals surface area contributed by atoms with E-state index >= 15 is 0 Å². The van der Waals surface area contributed by atoms with Crippen molar-refractivity contribution < 1.29 is 0 Å². The molecule has 1 N–H and O–H groups in total. The smallest absolute Gasteiger partial charge is 0.0126 e. The van der Waals surface area contributed by atoms with Crippen LogP contribution in [0.3, 0.4) is 0 Å². The topological polar surface area (TPSA) is 18.5 Å². The van der Waals surface area contributed by atoms with Gasteiger partial charge in [-0.1, -0.05) is 0 Å². The average molecular weight is 225 g/mol. The zero-order valence-electron chi connectivity index (χ0n) is 11.1. The number of nitrogens with zero attached hydrogens (tertiary/aromatic N) is 2. The van der Waals surface area contributed by atoms with Crippen LogP contribution in [0.5, 0.6) is 0 Å². The van der Waals surface area contributed by atoms with Crippen LogP contribution in [0.25, 0.3) is 0 Å². The Kier molecular flexibility index (Phi) is 3.88. The Morgan fingerprint density at radius 2 is 1.81 bits per heavy atom. The first-order valence-electron chi connectivity index (χ1n) is 6.74. The Balaban J connectivity index is 1.72. The molecule has 0 spiro atoms. The fraction of sp³-hybridized carbons (Fsp3) is 1.00. The molecular weight excluding hydrogens is 198 g/mol. The predicted octanol–water partition coefficient (Wildman–Crippen LogP) is 1.01. The molecule has 3 heteroatoms. The van der Waals surface area contributed by atoms with Gasteiger partial charge in [0.1, 0.15) is 0 Å². The normalized spacial score (nSPS) is 29.8. The van der Waals surface area contributed by atoms with Crippen molar-refractivity contribution in [3.8, 4) is 0 Å². The van der Waals surface area contributed by atoms with Crippen LogP contribution in [0.15, 0.2) is 0 Å². The van der Waals surface area contributed by atoms with Crippen molar-refractivity contribution in [2.45, 2.75) is 32.7 Å². The molecule has 0 aromatic rings. The Hall–Kier alpha value is -0.120. The molecule has 0 saturated carbocycles. The summed E-state index contributed by atoms with van der Waals surface area (Å²) in [5, 5.41) is 3.46. The minimum absolute atomic E-state index is 0.348. The predicted molar refractivity (Wildman–Crippen MR) is 68.7 cm³/mol. The Labute approximate surface area is 100 Å². The number of piperazine rings is 1. The molecule has 2 heterocycles. The zero-order chi connectivity index (χ0) is 11.6. The van der Waals surface area contributed by atoms with E-state index in [9.17, 15) is 0 Å². The van der Waals surface area contributed by atoms with Crippen molar-refractivity contribution >= 4 is 0 Å². The lowest BCUT2D eigenvalue weighted by molar-refractivity contribution is 0.0565. The van der Waals surface area contributed by atoms with Crippen molar-refractivity contribution in [1.29, 1.82) is 0 Å². The summed E-state index contributed by atoms with van der Waals surface area (Å²) in [4.78, 5) is 5.26. The highest BCUT2D eigenvalue weighted by Crippen LogP contribution is 2.17. The molecule has 2 fully saturated rings. The molecular formula is C13H27N3. The quantitative estimate of drug-likeness (QED) is 0.757. The van der Waals surface area contributed by atoms with Crippen LogP contribution in [0, 0.1) is 5.92 Å². The second-order valence-electron chi connectivity index (χ2n) is 6.32. The van der Waals surface area contributed by atoms with Crippen LogP contribution in [-0.2, 0) is 0 Å². The van der Waals surface area contributed by atoms with Gasteiger partial charge in [0.25, 0.3) is 0 Å². The van der Waals surface area contributed by atoms with Crippen LogP contribution >= 0.6 is 0 Å². The van der Waals surface area contributed by atoms with Gasteiger partial charge >= 0.3 is 0 Å². The number of hydrogen-bond donors (Lipinski definition) is 1. The third-order valence-corrected chi connectivity index (χ3v) is 4.00. The molecule has 0 amide bonds. The van der Waals surface area contributed by atoms with E-state index in [2.05, 4.69) is 35.9 Å². The molecule has 16 heavy (non-hydrogen) atoms. The van der Waals surface area contributed by atoms with Gasteiger partial charge in [-0.25, -0.2) is 0 Å². The Morgan fingerprint density at radius 3 is 2.31 bits per heavy atom. The van der Waals surface area contributed by atoms with Gasteiger partial charge in [-0.05, 0) is 46.2 Å². The van der Waals surface area contributed by atoms with E-state index in [1.807, 2.05) is 0 Å². The van der Waals surface area contributed by atoms with Gasteiger partial charge in [-0.2, -0.15) is 0 Å². The molecule has 2 rings (SSSR count). The van der Waals surface area contributed by atoms with Gasteiger partial charge in [0.05, 0.1) is 0 Å². The summed E-state index contributed by atoms with van der Waals surface area (Å²) < 4.78 is 0. The Morgan fingerprint density at radius 1 is 1.12 bits per heavy atom. The third kappa shape index (κ3) is 3.19. The lowest BCUT2D eigenvalue weighted by Gasteiger charge is -2.42. The van der Waals surface area contributed by atoms with E-state index in [-0.39, 0.29) is 0 Å². The molecule has 2 aliphatic rings. The highest BCUT2D eigenvalue weighted by atomic mass is 15.3. The molecule has 2 aliphatic heterocycles. The Bertz CT molecular complexity index is 208. The van der Waals surface area contributed by atoms with Crippen LogP contribution in [0.2, 0.25) is 0 Å². The van der Waals surface area contributed by atoms with E-state index in [4.69, 9.17) is 0 Å². The summed E-state index contributed by atoms with van der Waals surface area (Å²) in [6, 6.07) is 0. The molecule has 0 bridgehead atoms. The van der Waals surface area contributed by atoms with Gasteiger partial charge in [0.2, 0.25) is 0 Å². The van der Waals surface area contributed by atoms with Crippen molar-refractivity contribution in [1.82, 2.24) is 15.1 Å². The molecule has 0 aliphatic carbocycles. The highest BCUT2D eigenvalue weighted by molar-refractivity contribution is 4.83. The monoisotopic (exact) mass is 225 g/mol. The first-order chi connectivity index (χ1) is 7.55. The SMILES string of the molecule is CC(C)(C)N1CCN(C[C@@H]2CCNC2)CC1. The molecule has 1 atom stereocenters. The lowest BCUT2D eigenvalue weighted by Crippen LogP contribution is -2.54. The summed E-state index contributed by atoms with van der Waals surface area (Å²) in [6.07, 6.45) is 1.37. The van der Waals surface area contributed by atoms with Crippen LogP contribution in [0.4, 0.5) is 0 Å². The van der Waals surface area contributed by atoms with Crippen LogP contribution < -0.4 is 5.32 Å². The maximum absolute atomic E-state index is 3.46. The number of hydrogen-bond acceptors (Lipinski definition) is 3. The maximum Gasteiger partial charge on any atom is 0.0126 e. The second-order valence-corrected chi connectivity index (χ2v) is 6.32. The van der Waals surface area contributed by atoms with E-state index in [1.54, 1.807) is 0 Å². The molecule has 2 saturated heterocycles. The highest BCUT2D eigenvalue weighted by Gasteiger charge is 2.27. The third-order valence-electron chi connectivity index (χ3n) is 4.00. The van der Waals surface area contributed by atoms with Gasteiger partial charge in [0.15, 0.2) is 0 Å². The minimum Gasteiger partial charge on any atom is -0.316 e. The first kappa shape index (κ1) is 12.3. The summed E-state index contributed by atoms with van der Waals surface area (Å²) >= 11 is 0. The van der Waals surface area contributed by atoms with E-state index in [0.717, 1.165) is 5.92 Å². The molecule has 0 aromatic heterocycles. The van der Waals surface area contributed by atoms with Crippen molar-refractivity contribution in [2.75, 3.05) is 45.8 Å². The summed E-state index contributed by atoms with van der Waals surface area (Å²) in [5.74, 6) is 0.904. The van der Waals surface area contributed by atoms with Gasteiger partial charge in [0, 0.05) is 38.3 Å². The fourth-order valence-corrected chi connectivity index (χ4v) is 2.84. The van der Waals surface area contributed by atoms with Crippen LogP contribution in [0.1, 0.15) is 27.2 Å². The summed E-state index contributed by atoms with van der Waals surface area (Å²) in [5.41, 5.74) is 0.348. The molecule has 94 valence electrons. The van der Waals surface area contributed by atoms with Crippen molar-refractivity contribution in [3.05, 3.63) is 0 Å². The molecule has 0 unspecified atom stereocenters. The minimum atomic E-state index is 0.348. The van der Waals surface area contributed by atoms with E-state index in [1.165, 1.54) is 52.2 Å². The average Bonchev–Trinajstić information content (AvgIpc) is 2.70. The maximum atomic E-state index is 3.46. The fourth-order valence-electron chi connectivity index (χ4n) is 2.84. The number of rotatable bonds is 2. The van der Waals surface area contributed by atoms with Gasteiger partial charge < -0.3 is 10.2 Å². The molecule has 0 aromatic carbocycles. The zero-order valence-corrected chi connectivity index (χ0v) is 11.1.